The van der Waals surface area contributed by atoms with Gasteiger partial charge in [0.05, 0.1) is 4.90 Å². The van der Waals surface area contributed by atoms with Crippen LogP contribution in [0.5, 0.6) is 0 Å². The standard InChI is InChI=1S/C16H22N2O3S/c1-11-4-6-13(7-5-11)22(20,21)18-9-14-15(10-18)17(3)12(2)8-16(14)19/h4-7,12,14-15H,8-10H2,1-3H3/t12-,14-,15+/m1/s1. The average Bonchev–Trinajstić information content (AvgIpc) is 2.92. The minimum absolute atomic E-state index is 0.00327. The SMILES string of the molecule is Cc1ccc(S(=O)(=O)N2C[C@H]3C(=O)C[C@@H](C)N(C)[C@H]3C2)cc1. The molecule has 0 radical (unpaired) electrons. The number of aryl methyl sites for hydroxylation is 1. The first-order valence-electron chi connectivity index (χ1n) is 7.62. The Kier molecular flexibility index (Phi) is 3.87. The van der Waals surface area contributed by atoms with Crippen LogP contribution in [0, 0.1) is 12.8 Å². The van der Waals surface area contributed by atoms with E-state index in [0.29, 0.717) is 24.4 Å². The molecule has 22 heavy (non-hydrogen) atoms. The lowest BCUT2D eigenvalue weighted by atomic mass is 9.87. The molecule has 1 aromatic rings. The summed E-state index contributed by atoms with van der Waals surface area (Å²) < 4.78 is 27.0. The number of carbonyl (C=O) groups excluding carboxylic acids is 1. The maximum atomic E-state index is 12.8. The number of Topliss-reactive ketones (excluding diaryl/α,β-unsaturated/α-hetero) is 1. The first kappa shape index (κ1) is 15.6. The molecule has 0 spiro atoms. The Morgan fingerprint density at radius 1 is 1.14 bits per heavy atom. The highest BCUT2D eigenvalue weighted by Gasteiger charge is 2.48. The Labute approximate surface area is 132 Å². The number of piperidine rings is 1. The van der Waals surface area contributed by atoms with E-state index in [4.69, 9.17) is 0 Å². The fourth-order valence-corrected chi connectivity index (χ4v) is 4.93. The first-order valence-corrected chi connectivity index (χ1v) is 9.06. The van der Waals surface area contributed by atoms with Gasteiger partial charge in [-0.1, -0.05) is 17.7 Å². The Hall–Kier alpha value is -1.24. The van der Waals surface area contributed by atoms with Gasteiger partial charge in [-0.25, -0.2) is 8.42 Å². The lowest BCUT2D eigenvalue weighted by molar-refractivity contribution is -0.128. The lowest BCUT2D eigenvalue weighted by Crippen LogP contribution is -2.51. The first-order chi connectivity index (χ1) is 10.3. The zero-order valence-corrected chi connectivity index (χ0v) is 14.0. The second kappa shape index (κ2) is 5.44. The summed E-state index contributed by atoms with van der Waals surface area (Å²) in [5.74, 6) is -0.00127. The van der Waals surface area contributed by atoms with Crippen LogP contribution in [0.4, 0.5) is 0 Å². The fraction of sp³-hybridized carbons (Fsp3) is 0.562. The zero-order valence-electron chi connectivity index (χ0n) is 13.2. The summed E-state index contributed by atoms with van der Waals surface area (Å²) in [4.78, 5) is 14.7. The summed E-state index contributed by atoms with van der Waals surface area (Å²) in [6.45, 7) is 4.64. The van der Waals surface area contributed by atoms with Gasteiger partial charge in [0.2, 0.25) is 10.0 Å². The molecule has 2 aliphatic heterocycles. The third-order valence-corrected chi connectivity index (χ3v) is 6.89. The summed E-state index contributed by atoms with van der Waals surface area (Å²) in [5, 5.41) is 0. The second-order valence-electron chi connectivity index (χ2n) is 6.49. The van der Waals surface area contributed by atoms with E-state index in [2.05, 4.69) is 4.90 Å². The Morgan fingerprint density at radius 2 is 1.77 bits per heavy atom. The summed E-state index contributed by atoms with van der Waals surface area (Å²) in [5.41, 5.74) is 1.03. The van der Waals surface area contributed by atoms with Crippen LogP contribution in [0.25, 0.3) is 0 Å². The molecule has 3 atom stereocenters. The largest absolute Gasteiger partial charge is 0.299 e. The van der Waals surface area contributed by atoms with E-state index in [-0.39, 0.29) is 23.8 Å². The van der Waals surface area contributed by atoms with Gasteiger partial charge in [-0.2, -0.15) is 4.31 Å². The number of likely N-dealkylation sites (tertiary alicyclic amines) is 1. The smallest absolute Gasteiger partial charge is 0.243 e. The Bertz CT molecular complexity index is 684. The van der Waals surface area contributed by atoms with E-state index in [9.17, 15) is 13.2 Å². The molecule has 120 valence electrons. The minimum atomic E-state index is -3.52. The average molecular weight is 322 g/mol. The van der Waals surface area contributed by atoms with Gasteiger partial charge in [-0.05, 0) is 33.0 Å². The molecule has 0 saturated carbocycles. The number of likely N-dealkylation sites (N-methyl/N-ethyl adjacent to an activating group) is 1. The van der Waals surface area contributed by atoms with Gasteiger partial charge < -0.3 is 0 Å². The molecule has 0 bridgehead atoms. The van der Waals surface area contributed by atoms with E-state index in [1.165, 1.54) is 4.31 Å². The number of sulfonamides is 1. The van der Waals surface area contributed by atoms with Gasteiger partial charge in [0.25, 0.3) is 0 Å². The number of ketones is 1. The van der Waals surface area contributed by atoms with E-state index in [1.807, 2.05) is 20.9 Å². The van der Waals surface area contributed by atoms with E-state index >= 15 is 0 Å². The molecule has 0 unspecified atom stereocenters. The third kappa shape index (κ3) is 2.49. The number of hydrogen-bond acceptors (Lipinski definition) is 4. The van der Waals surface area contributed by atoms with Crippen molar-refractivity contribution in [2.24, 2.45) is 5.92 Å². The van der Waals surface area contributed by atoms with Crippen LogP contribution in [0.3, 0.4) is 0 Å². The van der Waals surface area contributed by atoms with Gasteiger partial charge in [0.1, 0.15) is 5.78 Å². The van der Waals surface area contributed by atoms with Crippen LogP contribution in [-0.2, 0) is 14.8 Å². The summed E-state index contributed by atoms with van der Waals surface area (Å²) >= 11 is 0. The van der Waals surface area contributed by atoms with Gasteiger partial charge in [0.15, 0.2) is 0 Å². The van der Waals surface area contributed by atoms with Crippen LogP contribution < -0.4 is 0 Å². The molecule has 2 saturated heterocycles. The van der Waals surface area contributed by atoms with E-state index in [0.717, 1.165) is 5.56 Å². The van der Waals surface area contributed by atoms with Crippen molar-refractivity contribution >= 4 is 15.8 Å². The predicted octanol–water partition coefficient (Wildman–Crippen LogP) is 1.28. The van der Waals surface area contributed by atoms with Crippen LogP contribution in [0.1, 0.15) is 18.9 Å². The van der Waals surface area contributed by atoms with Gasteiger partial charge in [-0.15, -0.1) is 0 Å². The summed E-state index contributed by atoms with van der Waals surface area (Å²) in [6, 6.07) is 7.05. The van der Waals surface area contributed by atoms with E-state index in [1.54, 1.807) is 24.3 Å². The lowest BCUT2D eigenvalue weighted by Gasteiger charge is -2.38. The number of benzene rings is 1. The molecule has 3 rings (SSSR count). The number of fused-ring (bicyclic) bond motifs is 1. The van der Waals surface area contributed by atoms with Crippen molar-refractivity contribution in [1.82, 2.24) is 9.21 Å². The van der Waals surface area contributed by atoms with Gasteiger partial charge in [0, 0.05) is 37.5 Å². The van der Waals surface area contributed by atoms with Crippen LogP contribution >= 0.6 is 0 Å². The van der Waals surface area contributed by atoms with Crippen molar-refractivity contribution in [2.75, 3.05) is 20.1 Å². The van der Waals surface area contributed by atoms with Crippen molar-refractivity contribution in [3.63, 3.8) is 0 Å². The van der Waals surface area contributed by atoms with E-state index < -0.39 is 10.0 Å². The third-order valence-electron chi connectivity index (χ3n) is 5.04. The van der Waals surface area contributed by atoms with Crippen LogP contribution in [-0.4, -0.2) is 55.6 Å². The Balaban J connectivity index is 1.88. The van der Waals surface area contributed by atoms with Gasteiger partial charge in [-0.3, -0.25) is 9.69 Å². The molecule has 0 aliphatic carbocycles. The zero-order chi connectivity index (χ0) is 16.1. The summed E-state index contributed by atoms with van der Waals surface area (Å²) in [6.07, 6.45) is 0.510. The van der Waals surface area contributed by atoms with Crippen molar-refractivity contribution in [3.05, 3.63) is 29.8 Å². The molecule has 2 heterocycles. The maximum absolute atomic E-state index is 12.8. The molecule has 2 aliphatic rings. The molecule has 0 N–H and O–H groups in total. The number of carbonyl (C=O) groups is 1. The molecule has 0 amide bonds. The predicted molar refractivity (Wildman–Crippen MR) is 84.1 cm³/mol. The molecular weight excluding hydrogens is 300 g/mol. The van der Waals surface area contributed by atoms with Crippen molar-refractivity contribution in [3.8, 4) is 0 Å². The number of nitrogens with zero attached hydrogens (tertiary/aromatic N) is 2. The van der Waals surface area contributed by atoms with Crippen molar-refractivity contribution < 1.29 is 13.2 Å². The molecule has 6 heteroatoms. The molecule has 0 aromatic heterocycles. The molecule has 1 aromatic carbocycles. The number of hydrogen-bond donors (Lipinski definition) is 0. The molecule has 5 nitrogen and oxygen atoms in total. The monoisotopic (exact) mass is 322 g/mol. The van der Waals surface area contributed by atoms with Gasteiger partial charge >= 0.3 is 0 Å². The maximum Gasteiger partial charge on any atom is 0.243 e. The van der Waals surface area contributed by atoms with Crippen LogP contribution in [0.15, 0.2) is 29.2 Å². The van der Waals surface area contributed by atoms with Crippen molar-refractivity contribution in [1.29, 1.82) is 0 Å². The molecule has 2 fully saturated rings. The summed E-state index contributed by atoms with van der Waals surface area (Å²) in [7, 11) is -1.54. The topological polar surface area (TPSA) is 57.7 Å². The highest BCUT2D eigenvalue weighted by atomic mass is 32.2. The highest BCUT2D eigenvalue weighted by Crippen LogP contribution is 2.33. The van der Waals surface area contributed by atoms with Crippen LogP contribution in [0.2, 0.25) is 0 Å². The fourth-order valence-electron chi connectivity index (χ4n) is 3.45. The highest BCUT2D eigenvalue weighted by molar-refractivity contribution is 7.89. The molecular formula is C16H22N2O3S. The number of rotatable bonds is 2. The van der Waals surface area contributed by atoms with Crippen molar-refractivity contribution in [2.45, 2.75) is 37.2 Å². The minimum Gasteiger partial charge on any atom is -0.299 e. The quantitative estimate of drug-likeness (QED) is 0.823. The Morgan fingerprint density at radius 3 is 2.41 bits per heavy atom. The second-order valence-corrected chi connectivity index (χ2v) is 8.43. The normalized spacial score (nSPS) is 30.5.